The number of rotatable bonds is 5. The molecule has 86 valence electrons. The highest BCUT2D eigenvalue weighted by Gasteiger charge is 2.07. The second-order valence-electron chi connectivity index (χ2n) is 3.63. The van der Waals surface area contributed by atoms with Crippen LogP contribution < -0.4 is 0 Å². The van der Waals surface area contributed by atoms with Gasteiger partial charge in [0, 0.05) is 13.2 Å². The van der Waals surface area contributed by atoms with Gasteiger partial charge in [-0.3, -0.25) is 0 Å². The van der Waals surface area contributed by atoms with Gasteiger partial charge in [0.15, 0.2) is 0 Å². The minimum atomic E-state index is 0.529. The highest BCUT2D eigenvalue weighted by Crippen LogP contribution is 2.18. The number of imidazole rings is 1. The molecular formula is C12H15ClN2O. The summed E-state index contributed by atoms with van der Waals surface area (Å²) in [5, 5.41) is 0.529. The first-order chi connectivity index (χ1) is 7.83. The van der Waals surface area contributed by atoms with E-state index in [-0.39, 0.29) is 0 Å². The fraction of sp³-hybridized carbons (Fsp3) is 0.417. The Morgan fingerprint density at radius 2 is 2.12 bits per heavy atom. The van der Waals surface area contributed by atoms with Gasteiger partial charge in [-0.15, -0.1) is 0 Å². The Balaban J connectivity index is 2.13. The Morgan fingerprint density at radius 1 is 1.31 bits per heavy atom. The van der Waals surface area contributed by atoms with Crippen LogP contribution in [0.5, 0.6) is 0 Å². The van der Waals surface area contributed by atoms with Crippen molar-refractivity contribution in [1.82, 2.24) is 9.55 Å². The highest BCUT2D eigenvalue weighted by molar-refractivity contribution is 6.29. The molecule has 0 aliphatic carbocycles. The molecule has 0 atom stereocenters. The van der Waals surface area contributed by atoms with Crippen LogP contribution >= 0.6 is 11.6 Å². The molecule has 16 heavy (non-hydrogen) atoms. The lowest BCUT2D eigenvalue weighted by molar-refractivity contribution is 0.127. The molecule has 1 heterocycles. The summed E-state index contributed by atoms with van der Waals surface area (Å²) < 4.78 is 7.43. The van der Waals surface area contributed by atoms with Crippen LogP contribution in [0, 0.1) is 0 Å². The van der Waals surface area contributed by atoms with Crippen molar-refractivity contribution < 1.29 is 4.74 Å². The Bertz CT molecular complexity index is 467. The molecule has 0 radical (unpaired) electrons. The number of halogens is 1. The first kappa shape index (κ1) is 11.4. The summed E-state index contributed by atoms with van der Waals surface area (Å²) >= 11 is 6.08. The molecule has 1 aromatic heterocycles. The SMILES string of the molecule is CCCOCCn1c(Cl)nc2ccccc21. The molecule has 4 heteroatoms. The van der Waals surface area contributed by atoms with E-state index < -0.39 is 0 Å². The van der Waals surface area contributed by atoms with Gasteiger partial charge in [-0.05, 0) is 30.2 Å². The molecule has 2 aromatic rings. The predicted octanol–water partition coefficient (Wildman–Crippen LogP) is 3.12. The van der Waals surface area contributed by atoms with Gasteiger partial charge in [-0.25, -0.2) is 4.98 Å². The van der Waals surface area contributed by atoms with Gasteiger partial charge < -0.3 is 9.30 Å². The topological polar surface area (TPSA) is 27.1 Å². The third kappa shape index (κ3) is 2.36. The lowest BCUT2D eigenvalue weighted by Gasteiger charge is -2.06. The number of hydrogen-bond donors (Lipinski definition) is 0. The molecule has 0 amide bonds. The minimum Gasteiger partial charge on any atom is -0.380 e. The summed E-state index contributed by atoms with van der Waals surface area (Å²) in [6.45, 7) is 4.32. The Morgan fingerprint density at radius 3 is 2.94 bits per heavy atom. The molecule has 0 saturated carbocycles. The van der Waals surface area contributed by atoms with E-state index in [1.807, 2.05) is 28.8 Å². The van der Waals surface area contributed by atoms with E-state index >= 15 is 0 Å². The normalized spacial score (nSPS) is 11.1. The van der Waals surface area contributed by atoms with Crippen molar-refractivity contribution >= 4 is 22.6 Å². The maximum absolute atomic E-state index is 6.08. The van der Waals surface area contributed by atoms with Crippen molar-refractivity contribution in [2.24, 2.45) is 0 Å². The number of para-hydroxylation sites is 2. The van der Waals surface area contributed by atoms with Gasteiger partial charge in [-0.1, -0.05) is 19.1 Å². The van der Waals surface area contributed by atoms with Crippen LogP contribution in [0.25, 0.3) is 11.0 Å². The largest absolute Gasteiger partial charge is 0.380 e. The van der Waals surface area contributed by atoms with Crippen LogP contribution in [0.3, 0.4) is 0 Å². The van der Waals surface area contributed by atoms with Gasteiger partial charge in [0.1, 0.15) is 0 Å². The van der Waals surface area contributed by atoms with Gasteiger partial charge in [-0.2, -0.15) is 0 Å². The summed E-state index contributed by atoms with van der Waals surface area (Å²) in [5.74, 6) is 0. The number of aromatic nitrogens is 2. The summed E-state index contributed by atoms with van der Waals surface area (Å²) in [4.78, 5) is 4.28. The average Bonchev–Trinajstić information content (AvgIpc) is 2.61. The maximum Gasteiger partial charge on any atom is 0.203 e. The molecule has 0 saturated heterocycles. The second kappa shape index (κ2) is 5.32. The van der Waals surface area contributed by atoms with Gasteiger partial charge in [0.05, 0.1) is 17.6 Å². The summed E-state index contributed by atoms with van der Waals surface area (Å²) in [7, 11) is 0. The molecule has 0 spiro atoms. The Labute approximate surface area is 100.0 Å². The second-order valence-corrected chi connectivity index (χ2v) is 3.97. The van der Waals surface area contributed by atoms with Gasteiger partial charge >= 0.3 is 0 Å². The average molecular weight is 239 g/mol. The van der Waals surface area contributed by atoms with E-state index in [4.69, 9.17) is 16.3 Å². The van der Waals surface area contributed by atoms with E-state index in [1.165, 1.54) is 0 Å². The standard InChI is InChI=1S/C12H15ClN2O/c1-2-8-16-9-7-15-11-6-4-3-5-10(11)14-12(15)13/h3-6H,2,7-9H2,1H3. The molecule has 0 aliphatic rings. The highest BCUT2D eigenvalue weighted by atomic mass is 35.5. The minimum absolute atomic E-state index is 0.529. The Hall–Kier alpha value is -1.06. The van der Waals surface area contributed by atoms with E-state index in [2.05, 4.69) is 11.9 Å². The van der Waals surface area contributed by atoms with Crippen molar-refractivity contribution in [2.45, 2.75) is 19.9 Å². The van der Waals surface area contributed by atoms with E-state index in [1.54, 1.807) is 0 Å². The number of nitrogens with zero attached hydrogens (tertiary/aromatic N) is 2. The third-order valence-electron chi connectivity index (χ3n) is 2.42. The zero-order valence-electron chi connectivity index (χ0n) is 9.32. The fourth-order valence-electron chi connectivity index (χ4n) is 1.66. The van der Waals surface area contributed by atoms with Crippen LogP contribution in [-0.2, 0) is 11.3 Å². The lowest BCUT2D eigenvalue weighted by atomic mass is 10.3. The number of ether oxygens (including phenoxy) is 1. The molecule has 1 aromatic carbocycles. The molecule has 0 N–H and O–H groups in total. The monoisotopic (exact) mass is 238 g/mol. The summed E-state index contributed by atoms with van der Waals surface area (Å²) in [5.41, 5.74) is 2.00. The summed E-state index contributed by atoms with van der Waals surface area (Å²) in [6.07, 6.45) is 1.04. The van der Waals surface area contributed by atoms with Crippen LogP contribution in [0.4, 0.5) is 0 Å². The summed E-state index contributed by atoms with van der Waals surface area (Å²) in [6, 6.07) is 7.94. The molecule has 0 fully saturated rings. The first-order valence-corrected chi connectivity index (χ1v) is 5.89. The maximum atomic E-state index is 6.08. The quantitative estimate of drug-likeness (QED) is 0.749. The van der Waals surface area contributed by atoms with Crippen molar-refractivity contribution in [3.8, 4) is 0 Å². The zero-order chi connectivity index (χ0) is 11.4. The van der Waals surface area contributed by atoms with E-state index in [9.17, 15) is 0 Å². The van der Waals surface area contributed by atoms with E-state index in [0.29, 0.717) is 11.9 Å². The smallest absolute Gasteiger partial charge is 0.203 e. The molecule has 0 bridgehead atoms. The van der Waals surface area contributed by atoms with Crippen LogP contribution in [0.1, 0.15) is 13.3 Å². The van der Waals surface area contributed by atoms with Crippen molar-refractivity contribution in [2.75, 3.05) is 13.2 Å². The third-order valence-corrected chi connectivity index (χ3v) is 2.70. The van der Waals surface area contributed by atoms with Gasteiger partial charge in [0.2, 0.25) is 5.28 Å². The van der Waals surface area contributed by atoms with Crippen LogP contribution in [-0.4, -0.2) is 22.8 Å². The van der Waals surface area contributed by atoms with Crippen molar-refractivity contribution in [1.29, 1.82) is 0 Å². The lowest BCUT2D eigenvalue weighted by Crippen LogP contribution is -2.06. The Kier molecular flexibility index (Phi) is 3.80. The first-order valence-electron chi connectivity index (χ1n) is 5.51. The molecule has 3 nitrogen and oxygen atoms in total. The van der Waals surface area contributed by atoms with E-state index in [0.717, 1.165) is 30.6 Å². The molecule has 2 rings (SSSR count). The molecular weight excluding hydrogens is 224 g/mol. The predicted molar refractivity (Wildman–Crippen MR) is 65.9 cm³/mol. The fourth-order valence-corrected chi connectivity index (χ4v) is 1.93. The molecule has 0 unspecified atom stereocenters. The number of benzene rings is 1. The van der Waals surface area contributed by atoms with Crippen LogP contribution in [0.2, 0.25) is 5.28 Å². The number of hydrogen-bond acceptors (Lipinski definition) is 2. The van der Waals surface area contributed by atoms with Crippen LogP contribution in [0.15, 0.2) is 24.3 Å². The number of fused-ring (bicyclic) bond motifs is 1. The molecule has 0 aliphatic heterocycles. The van der Waals surface area contributed by atoms with Gasteiger partial charge in [0.25, 0.3) is 0 Å². The zero-order valence-corrected chi connectivity index (χ0v) is 10.1. The van der Waals surface area contributed by atoms with Crippen molar-refractivity contribution in [3.63, 3.8) is 0 Å². The van der Waals surface area contributed by atoms with Crippen molar-refractivity contribution in [3.05, 3.63) is 29.5 Å².